The van der Waals surface area contributed by atoms with Crippen molar-refractivity contribution in [3.63, 3.8) is 0 Å². The van der Waals surface area contributed by atoms with Gasteiger partial charge in [0.25, 0.3) is 0 Å². The van der Waals surface area contributed by atoms with E-state index < -0.39 is 17.7 Å². The second-order valence-corrected chi connectivity index (χ2v) is 8.00. The molecule has 1 fully saturated rings. The molecule has 2 aromatic rings. The van der Waals surface area contributed by atoms with Crippen molar-refractivity contribution in [2.75, 3.05) is 7.11 Å². The molecule has 1 heterocycles. The summed E-state index contributed by atoms with van der Waals surface area (Å²) in [6.07, 6.45) is 2.76. The first-order valence-corrected chi connectivity index (χ1v) is 9.62. The van der Waals surface area contributed by atoms with Gasteiger partial charge in [-0.1, -0.05) is 41.9 Å². The van der Waals surface area contributed by atoms with E-state index in [0.717, 1.165) is 34.4 Å². The number of imidazole rings is 1. The largest absolute Gasteiger partial charge is 0.453 e. The third kappa shape index (κ3) is 4.32. The summed E-state index contributed by atoms with van der Waals surface area (Å²) in [6.45, 7) is 3.75. The van der Waals surface area contributed by atoms with Crippen LogP contribution in [0.2, 0.25) is 0 Å². The molecule has 144 valence electrons. The number of carbonyl (C=O) groups is 2. The van der Waals surface area contributed by atoms with E-state index in [1.807, 2.05) is 38.1 Å². The van der Waals surface area contributed by atoms with E-state index in [-0.39, 0.29) is 11.8 Å². The van der Waals surface area contributed by atoms with Crippen LogP contribution in [-0.4, -0.2) is 35.1 Å². The van der Waals surface area contributed by atoms with Crippen molar-refractivity contribution in [2.24, 2.45) is 5.92 Å². The summed E-state index contributed by atoms with van der Waals surface area (Å²) in [4.78, 5) is 32.1. The van der Waals surface area contributed by atoms with Gasteiger partial charge in [-0.3, -0.25) is 4.79 Å². The highest BCUT2D eigenvalue weighted by atomic mass is 79.9. The predicted molar refractivity (Wildman–Crippen MR) is 105 cm³/mol. The molecule has 0 saturated heterocycles. The Hall–Kier alpha value is -2.35. The van der Waals surface area contributed by atoms with Gasteiger partial charge in [-0.05, 0) is 36.5 Å². The number of aromatic nitrogens is 2. The molecular weight excluding hydrogens is 412 g/mol. The number of benzene rings is 1. The van der Waals surface area contributed by atoms with Crippen LogP contribution in [0.15, 0.2) is 34.9 Å². The molecule has 3 rings (SSSR count). The summed E-state index contributed by atoms with van der Waals surface area (Å²) in [7, 11) is 1.28. The molecule has 1 aromatic carbocycles. The summed E-state index contributed by atoms with van der Waals surface area (Å²) in [5, 5.41) is 5.65. The van der Waals surface area contributed by atoms with Gasteiger partial charge in [0.2, 0.25) is 5.91 Å². The molecule has 0 spiro atoms. The fourth-order valence-corrected chi connectivity index (χ4v) is 3.19. The number of nitrogens with one attached hydrogen (secondary N) is 3. The van der Waals surface area contributed by atoms with Crippen molar-refractivity contribution < 1.29 is 14.3 Å². The molecule has 1 atom stereocenters. The van der Waals surface area contributed by atoms with Crippen LogP contribution >= 0.6 is 15.9 Å². The number of hydrogen-bond acceptors (Lipinski definition) is 4. The van der Waals surface area contributed by atoms with Crippen molar-refractivity contribution in [2.45, 2.75) is 38.3 Å². The molecule has 0 radical (unpaired) electrons. The lowest BCUT2D eigenvalue weighted by Crippen LogP contribution is -2.52. The zero-order chi connectivity index (χ0) is 19.6. The van der Waals surface area contributed by atoms with Crippen LogP contribution in [0.1, 0.15) is 32.5 Å². The minimum absolute atomic E-state index is 0.0742. The van der Waals surface area contributed by atoms with Gasteiger partial charge in [0.15, 0.2) is 0 Å². The molecule has 0 unspecified atom stereocenters. The number of carbonyl (C=O) groups excluding carboxylic acids is 2. The summed E-state index contributed by atoms with van der Waals surface area (Å²) in [5.41, 5.74) is 1.41. The highest BCUT2D eigenvalue weighted by Gasteiger charge is 2.49. The number of halogens is 1. The third-order valence-corrected chi connectivity index (χ3v) is 5.23. The lowest BCUT2D eigenvalue weighted by atomic mass is 10.0. The number of methoxy groups -OCH3 is 1. The van der Waals surface area contributed by atoms with Gasteiger partial charge in [-0.2, -0.15) is 0 Å². The van der Waals surface area contributed by atoms with Crippen molar-refractivity contribution in [1.82, 2.24) is 20.6 Å². The molecule has 1 aliphatic carbocycles. The minimum Gasteiger partial charge on any atom is -0.453 e. The van der Waals surface area contributed by atoms with Crippen LogP contribution in [0.5, 0.6) is 0 Å². The number of nitrogens with zero attached hydrogens (tertiary/aromatic N) is 1. The number of hydrogen-bond donors (Lipinski definition) is 3. The summed E-state index contributed by atoms with van der Waals surface area (Å²) >= 11 is 3.43. The molecular formula is C19H23BrN4O3. The lowest BCUT2D eigenvalue weighted by molar-refractivity contribution is -0.125. The van der Waals surface area contributed by atoms with Gasteiger partial charge in [0, 0.05) is 4.47 Å². The van der Waals surface area contributed by atoms with Gasteiger partial charge in [-0.25, -0.2) is 9.78 Å². The number of ether oxygens (including phenoxy) is 1. The molecule has 1 aromatic heterocycles. The Balaban J connectivity index is 1.74. The topological polar surface area (TPSA) is 96.1 Å². The van der Waals surface area contributed by atoms with Crippen molar-refractivity contribution in [3.05, 3.63) is 40.8 Å². The zero-order valence-corrected chi connectivity index (χ0v) is 17.1. The van der Waals surface area contributed by atoms with Crippen LogP contribution < -0.4 is 10.6 Å². The number of rotatable bonds is 6. The third-order valence-electron chi connectivity index (χ3n) is 4.70. The second kappa shape index (κ2) is 7.72. The van der Waals surface area contributed by atoms with Gasteiger partial charge in [-0.15, -0.1) is 0 Å². The molecule has 0 aliphatic heterocycles. The molecule has 1 saturated carbocycles. The molecule has 0 bridgehead atoms. The highest BCUT2D eigenvalue weighted by Crippen LogP contribution is 2.44. The highest BCUT2D eigenvalue weighted by molar-refractivity contribution is 9.10. The Morgan fingerprint density at radius 1 is 1.26 bits per heavy atom. The van der Waals surface area contributed by atoms with Gasteiger partial charge < -0.3 is 20.4 Å². The summed E-state index contributed by atoms with van der Waals surface area (Å²) in [5.74, 6) is 0.415. The maximum absolute atomic E-state index is 12.8. The maximum Gasteiger partial charge on any atom is 0.407 e. The Morgan fingerprint density at radius 2 is 1.93 bits per heavy atom. The summed E-state index contributed by atoms with van der Waals surface area (Å²) in [6, 6.07) is 7.26. The smallest absolute Gasteiger partial charge is 0.407 e. The van der Waals surface area contributed by atoms with Gasteiger partial charge >= 0.3 is 6.09 Å². The second-order valence-electron chi connectivity index (χ2n) is 7.08. The minimum atomic E-state index is -0.671. The number of alkyl carbamates (subject to hydrolysis) is 1. The maximum atomic E-state index is 12.8. The van der Waals surface area contributed by atoms with Crippen LogP contribution in [-0.2, 0) is 15.1 Å². The van der Waals surface area contributed by atoms with E-state index in [9.17, 15) is 9.59 Å². The fraction of sp³-hybridized carbons (Fsp3) is 0.421. The Bertz CT molecular complexity index is 828. The standard InChI is InChI=1S/C19H23BrN4O3/c1-11(2)15(23-18(26)27-3)16(25)24-19(8-9-19)17-21-10-14(22-17)12-4-6-13(20)7-5-12/h4-7,10-11,15H,8-9H2,1-3H3,(H,21,22)(H,23,26)(H,24,25)/t15-/m0/s1. The van der Waals surface area contributed by atoms with Crippen LogP contribution in [0.4, 0.5) is 4.79 Å². The van der Waals surface area contributed by atoms with E-state index in [2.05, 4.69) is 41.3 Å². The van der Waals surface area contributed by atoms with Crippen LogP contribution in [0, 0.1) is 5.92 Å². The van der Waals surface area contributed by atoms with Crippen molar-refractivity contribution in [1.29, 1.82) is 0 Å². The zero-order valence-electron chi connectivity index (χ0n) is 15.5. The number of amides is 2. The first-order chi connectivity index (χ1) is 12.8. The van der Waals surface area contributed by atoms with Crippen molar-refractivity contribution in [3.8, 4) is 11.3 Å². The first-order valence-electron chi connectivity index (χ1n) is 8.82. The fourth-order valence-electron chi connectivity index (χ4n) is 2.92. The monoisotopic (exact) mass is 434 g/mol. The predicted octanol–water partition coefficient (Wildman–Crippen LogP) is 3.33. The van der Waals surface area contributed by atoms with E-state index in [1.54, 1.807) is 6.20 Å². The Kier molecular flexibility index (Phi) is 5.55. The summed E-state index contributed by atoms with van der Waals surface area (Å²) < 4.78 is 5.63. The molecule has 1 aliphatic rings. The number of aromatic amines is 1. The van der Waals surface area contributed by atoms with E-state index >= 15 is 0 Å². The lowest BCUT2D eigenvalue weighted by Gasteiger charge is -2.24. The molecule has 7 nitrogen and oxygen atoms in total. The quantitative estimate of drug-likeness (QED) is 0.649. The normalized spacial score (nSPS) is 15.9. The van der Waals surface area contributed by atoms with E-state index in [0.29, 0.717) is 0 Å². The van der Waals surface area contributed by atoms with Crippen molar-refractivity contribution >= 4 is 27.9 Å². The SMILES string of the molecule is COC(=O)N[C@H](C(=O)NC1(c2ncc(-c3ccc(Br)cc3)[nH]2)CC1)C(C)C. The molecule has 2 amide bonds. The molecule has 8 heteroatoms. The molecule has 3 N–H and O–H groups in total. The van der Waals surface area contributed by atoms with Crippen LogP contribution in [0.25, 0.3) is 11.3 Å². The van der Waals surface area contributed by atoms with Crippen LogP contribution in [0.3, 0.4) is 0 Å². The Labute approximate surface area is 166 Å². The Morgan fingerprint density at radius 3 is 2.48 bits per heavy atom. The average molecular weight is 435 g/mol. The molecule has 27 heavy (non-hydrogen) atoms. The number of H-pyrrole nitrogens is 1. The first kappa shape index (κ1) is 19.4. The van der Waals surface area contributed by atoms with E-state index in [4.69, 9.17) is 0 Å². The average Bonchev–Trinajstić information content (AvgIpc) is 3.24. The van der Waals surface area contributed by atoms with E-state index in [1.165, 1.54) is 7.11 Å². The van der Waals surface area contributed by atoms with Gasteiger partial charge in [0.05, 0.1) is 24.5 Å². The van der Waals surface area contributed by atoms with Gasteiger partial charge in [0.1, 0.15) is 11.9 Å².